The summed E-state index contributed by atoms with van der Waals surface area (Å²) in [6, 6.07) is 0. The minimum absolute atomic E-state index is 0.615. The molecular formula is C9H18NO7P. The van der Waals surface area contributed by atoms with Crippen molar-refractivity contribution in [2.75, 3.05) is 20.4 Å². The monoisotopic (exact) mass is 283 g/mol. The summed E-state index contributed by atoms with van der Waals surface area (Å²) in [5, 5.41) is 0. The first-order valence-electron chi connectivity index (χ1n) is 5.01. The normalized spacial score (nSPS) is 11.8. The number of hydrogen-bond acceptors (Lipinski definition) is 7. The van der Waals surface area contributed by atoms with Gasteiger partial charge in [0.1, 0.15) is 5.60 Å². The Hall–Kier alpha value is -1.11. The highest BCUT2D eigenvalue weighted by Crippen LogP contribution is 2.45. The molecule has 0 bridgehead atoms. The van der Waals surface area contributed by atoms with Gasteiger partial charge in [-0.3, -0.25) is 4.57 Å². The Morgan fingerprint density at radius 2 is 1.67 bits per heavy atom. The van der Waals surface area contributed by atoms with E-state index in [0.29, 0.717) is 0 Å². The lowest BCUT2D eigenvalue weighted by Crippen LogP contribution is -2.34. The minimum Gasteiger partial charge on any atom is -0.442 e. The third-order valence-electron chi connectivity index (χ3n) is 1.53. The van der Waals surface area contributed by atoms with E-state index in [1.54, 1.807) is 26.3 Å². The number of amides is 1. The van der Waals surface area contributed by atoms with Crippen LogP contribution in [0.3, 0.4) is 0 Å². The first-order valence-corrected chi connectivity index (χ1v) is 6.74. The number of carbonyl (C=O) groups excluding carboxylic acids is 2. The van der Waals surface area contributed by atoms with Gasteiger partial charge in [0, 0.05) is 14.2 Å². The molecule has 0 aromatic rings. The fourth-order valence-corrected chi connectivity index (χ4v) is 1.58. The summed E-state index contributed by atoms with van der Waals surface area (Å²) in [5.41, 5.74) is 1.05. The number of hydrogen-bond donors (Lipinski definition) is 1. The topological polar surface area (TPSA) is 100 Å². The summed E-state index contributed by atoms with van der Waals surface area (Å²) in [4.78, 5) is 26.7. The molecule has 0 fully saturated rings. The van der Waals surface area contributed by atoms with Gasteiger partial charge >= 0.3 is 19.7 Å². The standard InChI is InChI=1S/C9H18NO7P/c1-9(2,3)16-8(12)10-17-7(11)6-18(13,14-4)15-5/h6H2,1-5H3,(H,10,12). The van der Waals surface area contributed by atoms with E-state index in [-0.39, 0.29) is 0 Å². The third-order valence-corrected chi connectivity index (χ3v) is 3.28. The van der Waals surface area contributed by atoms with Crippen LogP contribution in [0.2, 0.25) is 0 Å². The van der Waals surface area contributed by atoms with Crippen LogP contribution >= 0.6 is 7.60 Å². The van der Waals surface area contributed by atoms with Crippen molar-refractivity contribution in [1.82, 2.24) is 5.48 Å². The second-order valence-electron chi connectivity index (χ2n) is 4.21. The minimum atomic E-state index is -3.50. The van der Waals surface area contributed by atoms with E-state index >= 15 is 0 Å². The van der Waals surface area contributed by atoms with Crippen LogP contribution in [0.25, 0.3) is 0 Å². The Bertz CT molecular complexity index is 341. The van der Waals surface area contributed by atoms with Crippen LogP contribution in [0.1, 0.15) is 20.8 Å². The molecule has 9 heteroatoms. The molecule has 0 unspecified atom stereocenters. The van der Waals surface area contributed by atoms with Crippen molar-refractivity contribution in [3.05, 3.63) is 0 Å². The lowest BCUT2D eigenvalue weighted by molar-refractivity contribution is -0.147. The highest BCUT2D eigenvalue weighted by Gasteiger charge is 2.27. The van der Waals surface area contributed by atoms with E-state index in [2.05, 4.69) is 13.9 Å². The highest BCUT2D eigenvalue weighted by atomic mass is 31.2. The molecule has 0 spiro atoms. The van der Waals surface area contributed by atoms with Crippen molar-refractivity contribution >= 4 is 19.7 Å². The van der Waals surface area contributed by atoms with E-state index in [4.69, 9.17) is 4.74 Å². The highest BCUT2D eigenvalue weighted by molar-refractivity contribution is 7.54. The zero-order chi connectivity index (χ0) is 14.4. The average Bonchev–Trinajstić information content (AvgIpc) is 2.24. The summed E-state index contributed by atoms with van der Waals surface area (Å²) in [5.74, 6) is -0.965. The maximum Gasteiger partial charge on any atom is 0.441 e. The zero-order valence-corrected chi connectivity index (χ0v) is 11.9. The van der Waals surface area contributed by atoms with Crippen LogP contribution < -0.4 is 5.48 Å². The van der Waals surface area contributed by atoms with Crippen LogP contribution in [0.5, 0.6) is 0 Å². The maximum atomic E-state index is 11.5. The first kappa shape index (κ1) is 16.9. The van der Waals surface area contributed by atoms with Crippen LogP contribution in [0.15, 0.2) is 0 Å². The third kappa shape index (κ3) is 7.26. The molecule has 0 aliphatic carbocycles. The fraction of sp³-hybridized carbons (Fsp3) is 0.778. The number of rotatable bonds is 4. The Labute approximate surface area is 105 Å². The number of ether oxygens (including phenoxy) is 1. The van der Waals surface area contributed by atoms with Crippen molar-refractivity contribution in [2.24, 2.45) is 0 Å². The molecule has 8 nitrogen and oxygen atoms in total. The molecular weight excluding hydrogens is 265 g/mol. The summed E-state index contributed by atoms with van der Waals surface area (Å²) >= 11 is 0. The lowest BCUT2D eigenvalue weighted by atomic mass is 10.2. The van der Waals surface area contributed by atoms with Gasteiger partial charge in [-0.15, -0.1) is 5.48 Å². The largest absolute Gasteiger partial charge is 0.442 e. The van der Waals surface area contributed by atoms with Crippen LogP contribution in [0, 0.1) is 0 Å². The SMILES string of the molecule is COP(=O)(CC(=O)ONC(=O)OC(C)(C)C)OC. The molecule has 0 aliphatic heterocycles. The van der Waals surface area contributed by atoms with Crippen molar-refractivity contribution < 1.29 is 32.8 Å². The predicted octanol–water partition coefficient (Wildman–Crippen LogP) is 1.46. The number of carbonyl (C=O) groups is 2. The molecule has 106 valence electrons. The predicted molar refractivity (Wildman–Crippen MR) is 62.0 cm³/mol. The molecule has 0 rings (SSSR count). The van der Waals surface area contributed by atoms with Gasteiger partial charge in [0.15, 0.2) is 6.16 Å². The van der Waals surface area contributed by atoms with E-state index in [1.807, 2.05) is 0 Å². The Morgan fingerprint density at radius 3 is 2.06 bits per heavy atom. The molecule has 0 aromatic carbocycles. The van der Waals surface area contributed by atoms with Gasteiger partial charge in [-0.05, 0) is 20.8 Å². The van der Waals surface area contributed by atoms with Gasteiger partial charge in [0.2, 0.25) is 0 Å². The van der Waals surface area contributed by atoms with E-state index in [1.165, 1.54) is 0 Å². The molecule has 0 aliphatic rings. The Kier molecular flexibility index (Phi) is 6.31. The molecule has 0 radical (unpaired) electrons. The Morgan fingerprint density at radius 1 is 1.17 bits per heavy atom. The molecule has 1 N–H and O–H groups in total. The first-order chi connectivity index (χ1) is 8.12. The van der Waals surface area contributed by atoms with Crippen molar-refractivity contribution in [3.63, 3.8) is 0 Å². The van der Waals surface area contributed by atoms with Gasteiger partial charge < -0.3 is 18.6 Å². The maximum absolute atomic E-state index is 11.5. The quantitative estimate of drug-likeness (QED) is 0.615. The van der Waals surface area contributed by atoms with E-state index in [9.17, 15) is 14.2 Å². The summed E-state index contributed by atoms with van der Waals surface area (Å²) < 4.78 is 25.4. The molecule has 0 atom stereocenters. The zero-order valence-electron chi connectivity index (χ0n) is 11.0. The second kappa shape index (κ2) is 6.72. The smallest absolute Gasteiger partial charge is 0.441 e. The van der Waals surface area contributed by atoms with E-state index in [0.717, 1.165) is 14.2 Å². The number of hydroxylamine groups is 1. The van der Waals surface area contributed by atoms with Gasteiger partial charge in [0.25, 0.3) is 0 Å². The molecule has 0 heterocycles. The molecule has 0 saturated heterocycles. The Balaban J connectivity index is 4.13. The fourth-order valence-electron chi connectivity index (χ4n) is 0.792. The van der Waals surface area contributed by atoms with Crippen molar-refractivity contribution in [3.8, 4) is 0 Å². The van der Waals surface area contributed by atoms with Crippen LogP contribution in [0.4, 0.5) is 4.79 Å². The van der Waals surface area contributed by atoms with Crippen LogP contribution in [-0.4, -0.2) is 38.0 Å². The average molecular weight is 283 g/mol. The molecule has 18 heavy (non-hydrogen) atoms. The van der Waals surface area contributed by atoms with Crippen molar-refractivity contribution in [2.45, 2.75) is 26.4 Å². The molecule has 1 amide bonds. The molecule has 0 saturated carbocycles. The van der Waals surface area contributed by atoms with Gasteiger partial charge in [-0.2, -0.15) is 0 Å². The van der Waals surface area contributed by atoms with E-state index < -0.39 is 31.4 Å². The summed E-state index contributed by atoms with van der Waals surface area (Å²) in [6.45, 7) is 4.95. The summed E-state index contributed by atoms with van der Waals surface area (Å²) in [6.07, 6.45) is -1.55. The van der Waals surface area contributed by atoms with Crippen LogP contribution in [-0.2, 0) is 28.0 Å². The van der Waals surface area contributed by atoms with Crippen molar-refractivity contribution in [1.29, 1.82) is 0 Å². The summed E-state index contributed by atoms with van der Waals surface area (Å²) in [7, 11) is -1.23. The van der Waals surface area contributed by atoms with Gasteiger partial charge in [0.05, 0.1) is 0 Å². The van der Waals surface area contributed by atoms with Gasteiger partial charge in [-0.25, -0.2) is 9.59 Å². The number of nitrogens with one attached hydrogen (secondary N) is 1. The lowest BCUT2D eigenvalue weighted by Gasteiger charge is -2.19. The second-order valence-corrected chi connectivity index (χ2v) is 6.48. The molecule has 0 aromatic heterocycles. The van der Waals surface area contributed by atoms with Gasteiger partial charge in [-0.1, -0.05) is 0 Å².